The Morgan fingerprint density at radius 3 is 3.00 bits per heavy atom. The van der Waals surface area contributed by atoms with Crippen LogP contribution < -0.4 is 5.32 Å². The van der Waals surface area contributed by atoms with Crippen LogP contribution in [0.15, 0.2) is 35.4 Å². The Morgan fingerprint density at radius 2 is 2.33 bits per heavy atom. The van der Waals surface area contributed by atoms with E-state index in [4.69, 9.17) is 16.0 Å². The Labute approximate surface area is 90.1 Å². The van der Waals surface area contributed by atoms with Gasteiger partial charge >= 0.3 is 0 Å². The van der Waals surface area contributed by atoms with Crippen LogP contribution in [0, 0.1) is 0 Å². The van der Waals surface area contributed by atoms with Gasteiger partial charge in [-0.25, -0.2) is 4.98 Å². The molecule has 2 aromatic heterocycles. The Morgan fingerprint density at radius 1 is 1.47 bits per heavy atom. The number of nitrogens with zero attached hydrogens (tertiary/aromatic N) is 2. The molecule has 1 amide bonds. The van der Waals surface area contributed by atoms with Gasteiger partial charge in [0.2, 0.25) is 0 Å². The number of rotatable bonds is 2. The van der Waals surface area contributed by atoms with Crippen molar-refractivity contribution in [3.8, 4) is 0 Å². The van der Waals surface area contributed by atoms with E-state index < -0.39 is 0 Å². The number of carbonyl (C=O) groups excluding carboxylic acids is 1. The van der Waals surface area contributed by atoms with E-state index in [1.54, 1.807) is 6.07 Å². The summed E-state index contributed by atoms with van der Waals surface area (Å²) in [4.78, 5) is 19.2. The molecule has 0 unspecified atom stereocenters. The third kappa shape index (κ3) is 2.32. The lowest BCUT2D eigenvalue weighted by atomic mass is 10.3. The Balaban J connectivity index is 2.13. The average Bonchev–Trinajstić information content (AvgIpc) is 2.70. The van der Waals surface area contributed by atoms with Gasteiger partial charge in [-0.15, -0.1) is 0 Å². The molecule has 6 heteroatoms. The molecule has 0 fully saturated rings. The molecule has 76 valence electrons. The van der Waals surface area contributed by atoms with Crippen LogP contribution in [-0.4, -0.2) is 15.9 Å². The van der Waals surface area contributed by atoms with E-state index in [-0.39, 0.29) is 11.1 Å². The second kappa shape index (κ2) is 4.10. The second-order valence-corrected chi connectivity index (χ2v) is 3.08. The molecular weight excluding hydrogens is 218 g/mol. The third-order valence-corrected chi connectivity index (χ3v) is 1.81. The SMILES string of the molecule is O=C(Nc1cncc(Cl)n1)c1ccoc1. The van der Waals surface area contributed by atoms with E-state index in [9.17, 15) is 4.79 Å². The number of anilines is 1. The lowest BCUT2D eigenvalue weighted by molar-refractivity contribution is 0.102. The predicted octanol–water partition coefficient (Wildman–Crippen LogP) is 1.98. The zero-order valence-corrected chi connectivity index (χ0v) is 8.23. The molecule has 0 bridgehead atoms. The van der Waals surface area contributed by atoms with Gasteiger partial charge in [0.05, 0.1) is 24.2 Å². The van der Waals surface area contributed by atoms with Gasteiger partial charge in [0, 0.05) is 0 Å². The molecule has 0 saturated carbocycles. The van der Waals surface area contributed by atoms with Crippen LogP contribution in [0.4, 0.5) is 5.82 Å². The standard InChI is InChI=1S/C9H6ClN3O2/c10-7-3-11-4-8(12-7)13-9(14)6-1-2-15-5-6/h1-5H,(H,12,13,14). The molecule has 0 aliphatic carbocycles. The number of halogens is 1. The first-order valence-corrected chi connectivity index (χ1v) is 4.44. The molecule has 0 saturated heterocycles. The zero-order valence-electron chi connectivity index (χ0n) is 7.48. The summed E-state index contributed by atoms with van der Waals surface area (Å²) in [7, 11) is 0. The van der Waals surface area contributed by atoms with Crippen molar-refractivity contribution in [3.05, 3.63) is 41.7 Å². The van der Waals surface area contributed by atoms with Crippen LogP contribution in [0.3, 0.4) is 0 Å². The van der Waals surface area contributed by atoms with Crippen LogP contribution in [-0.2, 0) is 0 Å². The summed E-state index contributed by atoms with van der Waals surface area (Å²) < 4.78 is 4.77. The summed E-state index contributed by atoms with van der Waals surface area (Å²) in [6.07, 6.45) is 5.55. The highest BCUT2D eigenvalue weighted by Crippen LogP contribution is 2.09. The average molecular weight is 224 g/mol. The van der Waals surface area contributed by atoms with Gasteiger partial charge in [-0.05, 0) is 6.07 Å². The van der Waals surface area contributed by atoms with Crippen molar-refractivity contribution in [3.63, 3.8) is 0 Å². The molecule has 0 aromatic carbocycles. The lowest BCUT2D eigenvalue weighted by Gasteiger charge is -2.01. The van der Waals surface area contributed by atoms with E-state index in [2.05, 4.69) is 15.3 Å². The Kier molecular flexibility index (Phi) is 2.64. The maximum atomic E-state index is 11.5. The molecular formula is C9H6ClN3O2. The molecule has 0 aliphatic rings. The van der Waals surface area contributed by atoms with Gasteiger partial charge in [0.1, 0.15) is 11.4 Å². The van der Waals surface area contributed by atoms with Crippen LogP contribution >= 0.6 is 11.6 Å². The number of hydrogen-bond acceptors (Lipinski definition) is 4. The first kappa shape index (κ1) is 9.67. The number of nitrogens with one attached hydrogen (secondary N) is 1. The van der Waals surface area contributed by atoms with Gasteiger partial charge in [-0.1, -0.05) is 11.6 Å². The van der Waals surface area contributed by atoms with Crippen LogP contribution in [0.5, 0.6) is 0 Å². The summed E-state index contributed by atoms with van der Waals surface area (Å²) in [6.45, 7) is 0. The topological polar surface area (TPSA) is 68.0 Å². The number of amides is 1. The molecule has 0 aliphatic heterocycles. The fraction of sp³-hybridized carbons (Fsp3) is 0. The van der Waals surface area contributed by atoms with E-state index in [1.165, 1.54) is 24.9 Å². The van der Waals surface area contributed by atoms with Crippen LogP contribution in [0.1, 0.15) is 10.4 Å². The van der Waals surface area contributed by atoms with Crippen molar-refractivity contribution in [2.24, 2.45) is 0 Å². The fourth-order valence-electron chi connectivity index (χ4n) is 0.985. The van der Waals surface area contributed by atoms with Gasteiger partial charge in [0.15, 0.2) is 5.82 Å². The van der Waals surface area contributed by atoms with Crippen LogP contribution in [0.25, 0.3) is 0 Å². The Bertz CT molecular complexity index is 470. The first-order valence-electron chi connectivity index (χ1n) is 4.07. The monoisotopic (exact) mass is 223 g/mol. The number of hydrogen-bond donors (Lipinski definition) is 1. The largest absolute Gasteiger partial charge is 0.472 e. The summed E-state index contributed by atoms with van der Waals surface area (Å²) in [6, 6.07) is 1.55. The highest BCUT2D eigenvalue weighted by molar-refractivity contribution is 6.29. The molecule has 0 spiro atoms. The van der Waals surface area contributed by atoms with E-state index in [0.717, 1.165) is 0 Å². The molecule has 0 radical (unpaired) electrons. The number of furan rings is 1. The highest BCUT2D eigenvalue weighted by Gasteiger charge is 2.07. The second-order valence-electron chi connectivity index (χ2n) is 2.69. The van der Waals surface area contributed by atoms with Crippen molar-refractivity contribution >= 4 is 23.3 Å². The summed E-state index contributed by atoms with van der Waals surface area (Å²) in [5, 5.41) is 2.75. The van der Waals surface area contributed by atoms with E-state index in [1.807, 2.05) is 0 Å². The minimum absolute atomic E-state index is 0.222. The predicted molar refractivity (Wildman–Crippen MR) is 53.7 cm³/mol. The minimum atomic E-state index is -0.319. The van der Waals surface area contributed by atoms with Crippen molar-refractivity contribution in [1.82, 2.24) is 9.97 Å². The summed E-state index contributed by atoms with van der Waals surface area (Å²) in [5.74, 6) is -0.0194. The summed E-state index contributed by atoms with van der Waals surface area (Å²) >= 11 is 5.61. The molecule has 1 N–H and O–H groups in total. The minimum Gasteiger partial charge on any atom is -0.472 e. The molecule has 5 nitrogen and oxygen atoms in total. The van der Waals surface area contributed by atoms with Gasteiger partial charge in [-0.3, -0.25) is 9.78 Å². The van der Waals surface area contributed by atoms with Gasteiger partial charge in [0.25, 0.3) is 5.91 Å². The molecule has 15 heavy (non-hydrogen) atoms. The van der Waals surface area contributed by atoms with Crippen LogP contribution in [0.2, 0.25) is 5.15 Å². The van der Waals surface area contributed by atoms with E-state index in [0.29, 0.717) is 11.4 Å². The van der Waals surface area contributed by atoms with Gasteiger partial charge in [-0.2, -0.15) is 0 Å². The van der Waals surface area contributed by atoms with Crippen molar-refractivity contribution < 1.29 is 9.21 Å². The maximum absolute atomic E-state index is 11.5. The third-order valence-electron chi connectivity index (χ3n) is 1.63. The number of aromatic nitrogens is 2. The quantitative estimate of drug-likeness (QED) is 0.845. The highest BCUT2D eigenvalue weighted by atomic mass is 35.5. The lowest BCUT2D eigenvalue weighted by Crippen LogP contribution is -2.12. The molecule has 2 heterocycles. The van der Waals surface area contributed by atoms with Crippen molar-refractivity contribution in [2.75, 3.05) is 5.32 Å². The molecule has 2 rings (SSSR count). The first-order chi connectivity index (χ1) is 7.25. The molecule has 2 aromatic rings. The van der Waals surface area contributed by atoms with Gasteiger partial charge < -0.3 is 9.73 Å². The molecule has 0 atom stereocenters. The maximum Gasteiger partial charge on any atom is 0.260 e. The van der Waals surface area contributed by atoms with Crippen molar-refractivity contribution in [2.45, 2.75) is 0 Å². The normalized spacial score (nSPS) is 9.93. The number of carbonyl (C=O) groups is 1. The summed E-state index contributed by atoms with van der Waals surface area (Å²) in [5.41, 5.74) is 0.414. The smallest absolute Gasteiger partial charge is 0.260 e. The fourth-order valence-corrected chi connectivity index (χ4v) is 1.13. The zero-order chi connectivity index (χ0) is 10.7. The Hall–Kier alpha value is -1.88. The van der Waals surface area contributed by atoms with Crippen molar-refractivity contribution in [1.29, 1.82) is 0 Å². The van der Waals surface area contributed by atoms with E-state index >= 15 is 0 Å².